The van der Waals surface area contributed by atoms with Crippen molar-refractivity contribution in [3.63, 3.8) is 0 Å². The van der Waals surface area contributed by atoms with Gasteiger partial charge in [-0.25, -0.2) is 9.97 Å². The van der Waals surface area contributed by atoms with E-state index in [0.29, 0.717) is 6.54 Å². The molecule has 2 aromatic rings. The van der Waals surface area contributed by atoms with Crippen LogP contribution in [0.25, 0.3) is 0 Å². The number of aryl methyl sites for hydroxylation is 2. The summed E-state index contributed by atoms with van der Waals surface area (Å²) in [7, 11) is 5.77. The van der Waals surface area contributed by atoms with E-state index in [1.54, 1.807) is 18.4 Å². The highest BCUT2D eigenvalue weighted by Crippen LogP contribution is 2.16. The third kappa shape index (κ3) is 4.92. The molecule has 0 aliphatic carbocycles. The molecular formula is C17H26N6S. The number of nitrogens with zero attached hydrogens (tertiary/aromatic N) is 4. The van der Waals surface area contributed by atoms with Crippen molar-refractivity contribution in [2.24, 2.45) is 4.99 Å². The van der Waals surface area contributed by atoms with Crippen molar-refractivity contribution in [3.8, 4) is 0 Å². The van der Waals surface area contributed by atoms with E-state index in [2.05, 4.69) is 45.5 Å². The molecule has 7 heteroatoms. The Morgan fingerprint density at radius 2 is 2.08 bits per heavy atom. The molecule has 0 aliphatic heterocycles. The number of aliphatic imine (C=N–C) groups is 1. The summed E-state index contributed by atoms with van der Waals surface area (Å²) < 4.78 is 0. The average molecular weight is 347 g/mol. The summed E-state index contributed by atoms with van der Waals surface area (Å²) in [4.78, 5) is 16.6. The van der Waals surface area contributed by atoms with E-state index < -0.39 is 0 Å². The Morgan fingerprint density at radius 1 is 1.29 bits per heavy atom. The fourth-order valence-corrected chi connectivity index (χ4v) is 3.24. The zero-order valence-corrected chi connectivity index (χ0v) is 15.9. The number of rotatable bonds is 6. The molecule has 0 saturated heterocycles. The molecule has 2 aromatic heterocycles. The molecule has 0 radical (unpaired) electrons. The second-order valence-electron chi connectivity index (χ2n) is 5.73. The highest BCUT2D eigenvalue weighted by molar-refractivity contribution is 7.11. The summed E-state index contributed by atoms with van der Waals surface area (Å²) >= 11 is 1.76. The molecule has 0 aromatic carbocycles. The monoisotopic (exact) mass is 346 g/mol. The van der Waals surface area contributed by atoms with Crippen LogP contribution in [-0.4, -0.2) is 43.6 Å². The number of hydrogen-bond donors (Lipinski definition) is 2. The maximum atomic E-state index is 4.56. The zero-order chi connectivity index (χ0) is 17.5. The molecule has 130 valence electrons. The Bertz CT molecular complexity index is 673. The molecule has 24 heavy (non-hydrogen) atoms. The van der Waals surface area contributed by atoms with Gasteiger partial charge in [-0.15, -0.1) is 11.3 Å². The molecule has 0 bridgehead atoms. The molecule has 0 aliphatic rings. The van der Waals surface area contributed by atoms with Crippen LogP contribution < -0.4 is 15.5 Å². The van der Waals surface area contributed by atoms with Crippen molar-refractivity contribution in [2.75, 3.05) is 32.6 Å². The van der Waals surface area contributed by atoms with Crippen molar-refractivity contribution >= 4 is 23.1 Å². The molecule has 2 heterocycles. The fraction of sp³-hybridized carbons (Fsp3) is 0.471. The van der Waals surface area contributed by atoms with Crippen LogP contribution in [0.1, 0.15) is 21.1 Å². The Labute approximate surface area is 148 Å². The first-order valence-corrected chi connectivity index (χ1v) is 8.81. The van der Waals surface area contributed by atoms with E-state index in [1.807, 2.05) is 31.3 Å². The Balaban J connectivity index is 1.85. The van der Waals surface area contributed by atoms with Crippen LogP contribution in [0.2, 0.25) is 0 Å². The first-order chi connectivity index (χ1) is 11.5. The molecule has 6 nitrogen and oxygen atoms in total. The third-order valence-corrected chi connectivity index (χ3v) is 4.80. The largest absolute Gasteiger partial charge is 0.362 e. The van der Waals surface area contributed by atoms with E-state index in [1.165, 1.54) is 4.88 Å². The van der Waals surface area contributed by atoms with E-state index in [-0.39, 0.29) is 0 Å². The van der Waals surface area contributed by atoms with Crippen LogP contribution in [0.3, 0.4) is 0 Å². The van der Waals surface area contributed by atoms with Crippen LogP contribution in [0.5, 0.6) is 0 Å². The van der Waals surface area contributed by atoms with Crippen LogP contribution in [0, 0.1) is 13.8 Å². The first kappa shape index (κ1) is 18.2. The van der Waals surface area contributed by atoms with Crippen LogP contribution >= 0.6 is 11.3 Å². The predicted octanol–water partition coefficient (Wildman–Crippen LogP) is 2.13. The molecule has 2 rings (SSSR count). The Hall–Kier alpha value is -2.15. The van der Waals surface area contributed by atoms with Crippen molar-refractivity contribution in [2.45, 2.75) is 26.8 Å². The number of nitrogens with one attached hydrogen (secondary N) is 2. The van der Waals surface area contributed by atoms with Gasteiger partial charge in [-0.2, -0.15) is 0 Å². The van der Waals surface area contributed by atoms with Crippen LogP contribution in [0.4, 0.5) is 5.82 Å². The number of aromatic nitrogens is 2. The van der Waals surface area contributed by atoms with E-state index >= 15 is 0 Å². The van der Waals surface area contributed by atoms with Crippen molar-refractivity contribution in [3.05, 3.63) is 39.5 Å². The highest BCUT2D eigenvalue weighted by Gasteiger charge is 2.07. The third-order valence-electron chi connectivity index (χ3n) is 3.67. The quantitative estimate of drug-likeness (QED) is 0.620. The smallest absolute Gasteiger partial charge is 0.191 e. The molecule has 0 amide bonds. The molecule has 0 atom stereocenters. The fourth-order valence-electron chi connectivity index (χ4n) is 2.30. The molecular weight excluding hydrogens is 320 g/mol. The lowest BCUT2D eigenvalue weighted by Gasteiger charge is -2.17. The van der Waals surface area contributed by atoms with Gasteiger partial charge in [0.15, 0.2) is 5.96 Å². The van der Waals surface area contributed by atoms with Gasteiger partial charge in [-0.05, 0) is 19.9 Å². The second kappa shape index (κ2) is 8.63. The lowest BCUT2D eigenvalue weighted by atomic mass is 10.2. The lowest BCUT2D eigenvalue weighted by molar-refractivity contribution is 0.787. The molecule has 0 unspecified atom stereocenters. The van der Waals surface area contributed by atoms with Gasteiger partial charge >= 0.3 is 0 Å². The summed E-state index contributed by atoms with van der Waals surface area (Å²) in [5.41, 5.74) is 2.27. The van der Waals surface area contributed by atoms with Crippen molar-refractivity contribution < 1.29 is 0 Å². The molecule has 0 spiro atoms. The topological polar surface area (TPSA) is 65.4 Å². The Kier molecular flexibility index (Phi) is 6.54. The molecule has 2 N–H and O–H groups in total. The maximum absolute atomic E-state index is 4.56. The summed E-state index contributed by atoms with van der Waals surface area (Å²) in [5, 5.41) is 7.84. The highest BCUT2D eigenvalue weighted by atomic mass is 32.1. The van der Waals surface area contributed by atoms with Gasteiger partial charge in [0.1, 0.15) is 5.82 Å². The minimum absolute atomic E-state index is 0.677. The van der Waals surface area contributed by atoms with Gasteiger partial charge < -0.3 is 15.5 Å². The predicted molar refractivity (Wildman–Crippen MR) is 102 cm³/mol. The normalized spacial score (nSPS) is 11.5. The first-order valence-electron chi connectivity index (χ1n) is 8.00. The van der Waals surface area contributed by atoms with E-state index in [4.69, 9.17) is 0 Å². The van der Waals surface area contributed by atoms with E-state index in [9.17, 15) is 0 Å². The van der Waals surface area contributed by atoms with Crippen LogP contribution in [0.15, 0.2) is 23.3 Å². The number of hydrogen-bond acceptors (Lipinski definition) is 5. The molecule has 0 saturated carbocycles. The van der Waals surface area contributed by atoms with Gasteiger partial charge in [0.05, 0.1) is 10.7 Å². The number of pyridine rings is 1. The SMILES string of the molecule is CN=C(NCCc1nc(C)c(C)s1)NCc1cccnc1N(C)C. The number of thiazole rings is 1. The summed E-state index contributed by atoms with van der Waals surface area (Å²) in [5.74, 6) is 1.75. The van der Waals surface area contributed by atoms with Crippen molar-refractivity contribution in [1.29, 1.82) is 0 Å². The minimum Gasteiger partial charge on any atom is -0.362 e. The van der Waals surface area contributed by atoms with Gasteiger partial charge in [0.2, 0.25) is 0 Å². The molecule has 0 fully saturated rings. The Morgan fingerprint density at radius 3 is 2.71 bits per heavy atom. The summed E-state index contributed by atoms with van der Waals surface area (Å²) in [6, 6.07) is 4.02. The van der Waals surface area contributed by atoms with Crippen LogP contribution in [-0.2, 0) is 13.0 Å². The zero-order valence-electron chi connectivity index (χ0n) is 15.1. The number of anilines is 1. The van der Waals surface area contributed by atoms with Crippen molar-refractivity contribution in [1.82, 2.24) is 20.6 Å². The summed E-state index contributed by atoms with van der Waals surface area (Å²) in [6.45, 7) is 5.65. The second-order valence-corrected chi connectivity index (χ2v) is 7.02. The average Bonchev–Trinajstić information content (AvgIpc) is 2.89. The van der Waals surface area contributed by atoms with Gasteiger partial charge in [-0.1, -0.05) is 6.07 Å². The standard InChI is InChI=1S/C17H26N6S/c1-12-13(2)24-15(22-12)8-10-20-17(18-3)21-11-14-7-6-9-19-16(14)23(4)5/h6-7,9H,8,10-11H2,1-5H3,(H2,18,20,21). The minimum atomic E-state index is 0.677. The summed E-state index contributed by atoms with van der Waals surface area (Å²) in [6.07, 6.45) is 2.71. The number of guanidine groups is 1. The van der Waals surface area contributed by atoms with Gasteiger partial charge in [-0.3, -0.25) is 4.99 Å². The lowest BCUT2D eigenvalue weighted by Crippen LogP contribution is -2.38. The van der Waals surface area contributed by atoms with Gasteiger partial charge in [0.25, 0.3) is 0 Å². The van der Waals surface area contributed by atoms with E-state index in [0.717, 1.165) is 41.0 Å². The maximum Gasteiger partial charge on any atom is 0.191 e. The van der Waals surface area contributed by atoms with Gasteiger partial charge in [0, 0.05) is 57.3 Å².